The molecule has 0 radical (unpaired) electrons. The van der Waals surface area contributed by atoms with Crippen LogP contribution in [0.2, 0.25) is 0 Å². The number of likely N-dealkylation sites (tertiary alicyclic amines) is 1. The Morgan fingerprint density at radius 2 is 2.04 bits per heavy atom. The van der Waals surface area contributed by atoms with E-state index >= 15 is 0 Å². The van der Waals surface area contributed by atoms with E-state index in [4.69, 9.17) is 4.74 Å². The number of nitrogens with zero attached hydrogens (tertiary/aromatic N) is 3. The van der Waals surface area contributed by atoms with Crippen LogP contribution in [0.25, 0.3) is 0 Å². The zero-order valence-electron chi connectivity index (χ0n) is 18.6. The molecule has 0 aromatic rings. The molecular formula is C20H41N5O2. The number of carbonyl (C=O) groups is 1. The predicted molar refractivity (Wildman–Crippen MR) is 112 cm³/mol. The number of guanidine groups is 1. The molecule has 2 atom stereocenters. The summed E-state index contributed by atoms with van der Waals surface area (Å²) in [5, 5.41) is 6.51. The third-order valence-electron chi connectivity index (χ3n) is 4.89. The van der Waals surface area contributed by atoms with Gasteiger partial charge in [-0.15, -0.1) is 0 Å². The number of ether oxygens (including phenoxy) is 1. The average molecular weight is 384 g/mol. The van der Waals surface area contributed by atoms with Crippen molar-refractivity contribution in [2.24, 2.45) is 16.8 Å². The van der Waals surface area contributed by atoms with Crippen LogP contribution in [0, 0.1) is 11.8 Å². The summed E-state index contributed by atoms with van der Waals surface area (Å²) in [6, 6.07) is 0.0592. The van der Waals surface area contributed by atoms with E-state index in [1.807, 2.05) is 34.9 Å². The number of carbonyl (C=O) groups excluding carboxylic acids is 1. The first kappa shape index (κ1) is 23.5. The van der Waals surface area contributed by atoms with Crippen LogP contribution in [0.3, 0.4) is 0 Å². The Balaban J connectivity index is 2.46. The van der Waals surface area contributed by atoms with Crippen LogP contribution in [-0.2, 0) is 4.74 Å². The minimum absolute atomic E-state index is 0.0592. The van der Waals surface area contributed by atoms with Crippen LogP contribution in [0.4, 0.5) is 4.79 Å². The molecule has 0 saturated carbocycles. The molecule has 2 N–H and O–H groups in total. The normalized spacial score (nSPS) is 19.9. The van der Waals surface area contributed by atoms with Crippen LogP contribution >= 0.6 is 0 Å². The van der Waals surface area contributed by atoms with Crippen molar-refractivity contribution in [3.05, 3.63) is 0 Å². The standard InChI is InChI=1S/C20H41N5O2/c1-15(2)17(23-19(26)27-20(3,4)5)10-12-25(8)18(21-6)22-13-16-9-11-24(7)14-16/h15-17H,9-14H2,1-8H3,(H,21,22)(H,23,26). The van der Waals surface area contributed by atoms with E-state index in [1.54, 1.807) is 0 Å². The van der Waals surface area contributed by atoms with Crippen molar-refractivity contribution in [3.63, 3.8) is 0 Å². The molecule has 0 spiro atoms. The van der Waals surface area contributed by atoms with Gasteiger partial charge in [-0.05, 0) is 59.0 Å². The van der Waals surface area contributed by atoms with Crippen molar-refractivity contribution in [2.45, 2.75) is 59.1 Å². The highest BCUT2D eigenvalue weighted by atomic mass is 16.6. The summed E-state index contributed by atoms with van der Waals surface area (Å²) in [5.74, 6) is 1.91. The molecule has 27 heavy (non-hydrogen) atoms. The Hall–Kier alpha value is -1.50. The van der Waals surface area contributed by atoms with Gasteiger partial charge in [0.15, 0.2) is 5.96 Å². The summed E-state index contributed by atoms with van der Waals surface area (Å²) >= 11 is 0. The van der Waals surface area contributed by atoms with E-state index in [2.05, 4.69) is 46.3 Å². The van der Waals surface area contributed by atoms with Crippen molar-refractivity contribution >= 4 is 12.1 Å². The zero-order valence-corrected chi connectivity index (χ0v) is 18.6. The number of rotatable bonds is 7. The van der Waals surface area contributed by atoms with Gasteiger partial charge in [-0.1, -0.05) is 13.8 Å². The fourth-order valence-corrected chi connectivity index (χ4v) is 3.28. The summed E-state index contributed by atoms with van der Waals surface area (Å²) in [6.07, 6.45) is 1.72. The molecule has 2 unspecified atom stereocenters. The van der Waals surface area contributed by atoms with E-state index in [0.717, 1.165) is 32.0 Å². The first-order valence-corrected chi connectivity index (χ1v) is 10.1. The summed E-state index contributed by atoms with van der Waals surface area (Å²) in [6.45, 7) is 13.9. The molecule has 1 aliphatic heterocycles. The molecule has 0 bridgehead atoms. The second-order valence-electron chi connectivity index (χ2n) is 9.05. The zero-order chi connectivity index (χ0) is 20.6. The van der Waals surface area contributed by atoms with Crippen LogP contribution in [0.1, 0.15) is 47.5 Å². The van der Waals surface area contributed by atoms with E-state index in [0.29, 0.717) is 11.8 Å². The Kier molecular flexibility index (Phi) is 9.36. The van der Waals surface area contributed by atoms with Gasteiger partial charge in [0.05, 0.1) is 0 Å². The average Bonchev–Trinajstić information content (AvgIpc) is 2.95. The van der Waals surface area contributed by atoms with Gasteiger partial charge in [0, 0.05) is 39.8 Å². The maximum Gasteiger partial charge on any atom is 0.407 e. The molecule has 1 heterocycles. The molecular weight excluding hydrogens is 342 g/mol. The molecule has 0 aliphatic carbocycles. The quantitative estimate of drug-likeness (QED) is 0.522. The van der Waals surface area contributed by atoms with Crippen LogP contribution < -0.4 is 10.6 Å². The minimum atomic E-state index is -0.483. The third-order valence-corrected chi connectivity index (χ3v) is 4.89. The number of hydrogen-bond acceptors (Lipinski definition) is 4. The van der Waals surface area contributed by atoms with Crippen LogP contribution in [-0.4, -0.2) is 80.8 Å². The largest absolute Gasteiger partial charge is 0.444 e. The van der Waals surface area contributed by atoms with Gasteiger partial charge in [-0.3, -0.25) is 4.99 Å². The van der Waals surface area contributed by atoms with Gasteiger partial charge in [0.1, 0.15) is 5.60 Å². The van der Waals surface area contributed by atoms with Gasteiger partial charge < -0.3 is 25.2 Å². The van der Waals surface area contributed by atoms with Crippen molar-refractivity contribution in [3.8, 4) is 0 Å². The van der Waals surface area contributed by atoms with Gasteiger partial charge in [-0.2, -0.15) is 0 Å². The van der Waals surface area contributed by atoms with Crippen molar-refractivity contribution in [2.75, 3.05) is 47.3 Å². The van der Waals surface area contributed by atoms with Crippen LogP contribution in [0.15, 0.2) is 4.99 Å². The highest BCUT2D eigenvalue weighted by Gasteiger charge is 2.23. The van der Waals surface area contributed by atoms with Crippen molar-refractivity contribution in [1.82, 2.24) is 20.4 Å². The lowest BCUT2D eigenvalue weighted by Crippen LogP contribution is -2.46. The first-order valence-electron chi connectivity index (χ1n) is 10.1. The smallest absolute Gasteiger partial charge is 0.407 e. The summed E-state index contributed by atoms with van der Waals surface area (Å²) in [5.41, 5.74) is -0.483. The first-order chi connectivity index (χ1) is 12.5. The number of aliphatic imine (C=N–C) groups is 1. The number of alkyl carbamates (subject to hydrolysis) is 1. The molecule has 1 rings (SSSR count). The highest BCUT2D eigenvalue weighted by molar-refractivity contribution is 5.79. The van der Waals surface area contributed by atoms with Gasteiger partial charge in [0.25, 0.3) is 0 Å². The Morgan fingerprint density at radius 3 is 2.52 bits per heavy atom. The fourth-order valence-electron chi connectivity index (χ4n) is 3.28. The summed E-state index contributed by atoms with van der Waals surface area (Å²) < 4.78 is 5.39. The molecule has 1 saturated heterocycles. The molecule has 7 heteroatoms. The molecule has 7 nitrogen and oxygen atoms in total. The van der Waals surface area contributed by atoms with E-state index in [9.17, 15) is 4.79 Å². The van der Waals surface area contributed by atoms with E-state index < -0.39 is 5.60 Å². The van der Waals surface area contributed by atoms with Crippen molar-refractivity contribution in [1.29, 1.82) is 0 Å². The van der Waals surface area contributed by atoms with Crippen LogP contribution in [0.5, 0.6) is 0 Å². The minimum Gasteiger partial charge on any atom is -0.444 e. The molecule has 1 aliphatic rings. The Morgan fingerprint density at radius 1 is 1.37 bits per heavy atom. The predicted octanol–water partition coefficient (Wildman–Crippen LogP) is 2.38. The summed E-state index contributed by atoms with van der Waals surface area (Å²) in [7, 11) is 6.03. The van der Waals surface area contributed by atoms with Crippen molar-refractivity contribution < 1.29 is 9.53 Å². The second-order valence-corrected chi connectivity index (χ2v) is 9.05. The number of amides is 1. The van der Waals surface area contributed by atoms with Gasteiger partial charge in [-0.25, -0.2) is 4.79 Å². The Labute approximate surface area is 165 Å². The highest BCUT2D eigenvalue weighted by Crippen LogP contribution is 2.13. The molecule has 158 valence electrons. The molecule has 0 aromatic carbocycles. The monoisotopic (exact) mass is 383 g/mol. The lowest BCUT2D eigenvalue weighted by molar-refractivity contribution is 0.0486. The molecule has 1 fully saturated rings. The lowest BCUT2D eigenvalue weighted by atomic mass is 10.0. The topological polar surface area (TPSA) is 69.2 Å². The second kappa shape index (κ2) is 10.7. The van der Waals surface area contributed by atoms with Gasteiger partial charge >= 0.3 is 6.09 Å². The maximum absolute atomic E-state index is 12.1. The van der Waals surface area contributed by atoms with E-state index in [1.165, 1.54) is 13.0 Å². The molecule has 1 amide bonds. The van der Waals surface area contributed by atoms with E-state index in [-0.39, 0.29) is 12.1 Å². The fraction of sp³-hybridized carbons (Fsp3) is 0.900. The maximum atomic E-state index is 12.1. The summed E-state index contributed by atoms with van der Waals surface area (Å²) in [4.78, 5) is 21.0. The van der Waals surface area contributed by atoms with Gasteiger partial charge in [0.2, 0.25) is 0 Å². The number of nitrogens with one attached hydrogen (secondary N) is 2. The lowest BCUT2D eigenvalue weighted by Gasteiger charge is -2.29. The Bertz CT molecular complexity index is 487. The third kappa shape index (κ3) is 9.31. The molecule has 0 aromatic heterocycles. The SMILES string of the molecule is CN=C(NCC1CCN(C)C1)N(C)CCC(NC(=O)OC(C)(C)C)C(C)C. The number of hydrogen-bond donors (Lipinski definition) is 2.